The summed E-state index contributed by atoms with van der Waals surface area (Å²) in [4.78, 5) is 25.8. The van der Waals surface area contributed by atoms with Gasteiger partial charge in [0, 0.05) is 35.0 Å². The zero-order chi connectivity index (χ0) is 13.5. The van der Waals surface area contributed by atoms with E-state index in [1.54, 1.807) is 0 Å². The summed E-state index contributed by atoms with van der Waals surface area (Å²) in [6.45, 7) is 2.13. The third-order valence-electron chi connectivity index (χ3n) is 2.18. The third-order valence-corrected chi connectivity index (χ3v) is 3.49. The molecule has 2 N–H and O–H groups in total. The molecule has 18 heavy (non-hydrogen) atoms. The minimum Gasteiger partial charge on any atom is -0.477 e. The lowest BCUT2D eigenvalue weighted by Gasteiger charge is -2.04. The molecule has 1 unspecified atom stereocenters. The molecule has 7 heteroatoms. The van der Waals surface area contributed by atoms with E-state index in [4.69, 9.17) is 5.11 Å². The van der Waals surface area contributed by atoms with Crippen LogP contribution in [0.15, 0.2) is 18.3 Å². The Balaban J connectivity index is 2.51. The zero-order valence-electron chi connectivity index (χ0n) is 9.88. The first kappa shape index (κ1) is 14.3. The van der Waals surface area contributed by atoms with Crippen molar-refractivity contribution in [1.82, 2.24) is 10.3 Å². The molecule has 0 aliphatic rings. The zero-order valence-corrected chi connectivity index (χ0v) is 10.7. The Hall–Kier alpha value is -1.76. The van der Waals surface area contributed by atoms with Crippen molar-refractivity contribution < 1.29 is 18.9 Å². The van der Waals surface area contributed by atoms with E-state index in [-0.39, 0.29) is 17.2 Å². The summed E-state index contributed by atoms with van der Waals surface area (Å²) in [7, 11) is -0.918. The Morgan fingerprint density at radius 2 is 2.17 bits per heavy atom. The van der Waals surface area contributed by atoms with Gasteiger partial charge in [-0.25, -0.2) is 9.78 Å². The number of carboxylic acids is 1. The minimum absolute atomic E-state index is 0.112. The van der Waals surface area contributed by atoms with Crippen LogP contribution < -0.4 is 5.32 Å². The number of amides is 1. The fourth-order valence-corrected chi connectivity index (χ4v) is 1.80. The summed E-state index contributed by atoms with van der Waals surface area (Å²) in [6, 6.07) is 2.66. The number of rotatable bonds is 6. The Morgan fingerprint density at radius 3 is 2.67 bits per heavy atom. The highest BCUT2D eigenvalue weighted by molar-refractivity contribution is 7.84. The monoisotopic (exact) mass is 270 g/mol. The number of carbonyl (C=O) groups excluding carboxylic acids is 1. The molecule has 0 fully saturated rings. The number of hydrogen-bond donors (Lipinski definition) is 2. The van der Waals surface area contributed by atoms with Gasteiger partial charge in [0.15, 0.2) is 0 Å². The van der Waals surface area contributed by atoms with Gasteiger partial charge in [0.1, 0.15) is 5.69 Å². The maximum Gasteiger partial charge on any atom is 0.354 e. The number of hydrogen-bond acceptors (Lipinski definition) is 4. The first-order valence-electron chi connectivity index (χ1n) is 5.37. The van der Waals surface area contributed by atoms with Gasteiger partial charge < -0.3 is 10.4 Å². The van der Waals surface area contributed by atoms with E-state index in [1.165, 1.54) is 18.3 Å². The molecule has 98 valence electrons. The Kier molecular flexibility index (Phi) is 5.44. The molecule has 0 bridgehead atoms. The fraction of sp³-hybridized carbons (Fsp3) is 0.364. The van der Waals surface area contributed by atoms with E-state index in [9.17, 15) is 13.8 Å². The lowest BCUT2D eigenvalue weighted by molar-refractivity contribution is 0.0689. The highest BCUT2D eigenvalue weighted by atomic mass is 32.2. The van der Waals surface area contributed by atoms with Crippen LogP contribution in [0.4, 0.5) is 0 Å². The van der Waals surface area contributed by atoms with E-state index < -0.39 is 16.8 Å². The van der Waals surface area contributed by atoms with Crippen LogP contribution in [0.5, 0.6) is 0 Å². The Labute approximate surface area is 107 Å². The molecule has 0 aromatic carbocycles. The van der Waals surface area contributed by atoms with Crippen LogP contribution in [0.2, 0.25) is 0 Å². The van der Waals surface area contributed by atoms with Gasteiger partial charge in [-0.3, -0.25) is 9.00 Å². The Bertz CT molecular complexity index is 459. The van der Waals surface area contributed by atoms with Gasteiger partial charge in [-0.2, -0.15) is 0 Å². The van der Waals surface area contributed by atoms with Crippen LogP contribution in [0, 0.1) is 0 Å². The predicted octanol–water partition coefficient (Wildman–Crippen LogP) is 0.278. The highest BCUT2D eigenvalue weighted by Crippen LogP contribution is 2.00. The van der Waals surface area contributed by atoms with Gasteiger partial charge >= 0.3 is 5.97 Å². The predicted molar refractivity (Wildman–Crippen MR) is 67.1 cm³/mol. The average Bonchev–Trinajstić information content (AvgIpc) is 2.38. The molecule has 1 atom stereocenters. The Morgan fingerprint density at radius 1 is 1.44 bits per heavy atom. The van der Waals surface area contributed by atoms with Crippen LogP contribution >= 0.6 is 0 Å². The van der Waals surface area contributed by atoms with E-state index in [2.05, 4.69) is 10.3 Å². The van der Waals surface area contributed by atoms with Gasteiger partial charge in [0.25, 0.3) is 5.91 Å². The molecule has 1 rings (SSSR count). The molecular weight excluding hydrogens is 256 g/mol. The normalized spacial score (nSPS) is 11.8. The van der Waals surface area contributed by atoms with Crippen LogP contribution in [-0.4, -0.2) is 44.2 Å². The molecule has 0 aliphatic heterocycles. The van der Waals surface area contributed by atoms with Crippen LogP contribution in [0.1, 0.15) is 27.8 Å². The van der Waals surface area contributed by atoms with Crippen molar-refractivity contribution in [1.29, 1.82) is 0 Å². The van der Waals surface area contributed by atoms with Crippen molar-refractivity contribution >= 4 is 22.7 Å². The van der Waals surface area contributed by atoms with Crippen molar-refractivity contribution in [3.05, 3.63) is 29.6 Å². The van der Waals surface area contributed by atoms with E-state index in [0.29, 0.717) is 18.1 Å². The van der Waals surface area contributed by atoms with Crippen LogP contribution in [0.3, 0.4) is 0 Å². The van der Waals surface area contributed by atoms with Crippen molar-refractivity contribution in [2.24, 2.45) is 0 Å². The first-order chi connectivity index (χ1) is 8.54. The first-order valence-corrected chi connectivity index (χ1v) is 6.86. The second-order valence-corrected chi connectivity index (χ2v) is 5.29. The fourth-order valence-electron chi connectivity index (χ4n) is 1.18. The summed E-state index contributed by atoms with van der Waals surface area (Å²) in [5.74, 6) is -0.527. The molecule has 1 aromatic heterocycles. The maximum absolute atomic E-state index is 11.6. The van der Waals surface area contributed by atoms with Crippen molar-refractivity contribution in [2.45, 2.75) is 6.92 Å². The number of aromatic nitrogens is 1. The number of nitrogens with zero attached hydrogens (tertiary/aromatic N) is 1. The molecule has 1 aromatic rings. The number of pyridine rings is 1. The van der Waals surface area contributed by atoms with Crippen molar-refractivity contribution in [3.8, 4) is 0 Å². The molecule has 0 aliphatic carbocycles. The topological polar surface area (TPSA) is 96.4 Å². The summed E-state index contributed by atoms with van der Waals surface area (Å²) < 4.78 is 11.1. The van der Waals surface area contributed by atoms with Crippen molar-refractivity contribution in [2.75, 3.05) is 18.1 Å². The lowest BCUT2D eigenvalue weighted by atomic mass is 10.2. The number of aromatic carboxylic acids is 1. The molecular formula is C11H14N2O4S. The van der Waals surface area contributed by atoms with E-state index in [1.807, 2.05) is 6.92 Å². The molecule has 0 saturated carbocycles. The van der Waals surface area contributed by atoms with Gasteiger partial charge in [0.05, 0.1) is 5.56 Å². The highest BCUT2D eigenvalue weighted by Gasteiger charge is 2.08. The van der Waals surface area contributed by atoms with Crippen LogP contribution in [0.25, 0.3) is 0 Å². The summed E-state index contributed by atoms with van der Waals surface area (Å²) in [6.07, 6.45) is 1.20. The second-order valence-electron chi connectivity index (χ2n) is 3.43. The number of carboxylic acid groups (broad SMARTS) is 1. The SMILES string of the molecule is CCS(=O)CCNC(=O)c1ccc(C(=O)O)nc1. The maximum atomic E-state index is 11.6. The quantitative estimate of drug-likeness (QED) is 0.774. The molecule has 6 nitrogen and oxygen atoms in total. The lowest BCUT2D eigenvalue weighted by Crippen LogP contribution is -2.28. The standard InChI is InChI=1S/C11H14N2O4S/c1-2-18(17)6-5-12-10(14)8-3-4-9(11(15)16)13-7-8/h3-4,7H,2,5-6H2,1H3,(H,12,14)(H,15,16). The summed E-state index contributed by atoms with van der Waals surface area (Å²) in [5.41, 5.74) is 0.168. The molecule has 0 saturated heterocycles. The van der Waals surface area contributed by atoms with E-state index >= 15 is 0 Å². The van der Waals surface area contributed by atoms with Crippen LogP contribution in [-0.2, 0) is 10.8 Å². The molecule has 0 radical (unpaired) electrons. The third kappa shape index (κ3) is 4.25. The molecule has 0 spiro atoms. The van der Waals surface area contributed by atoms with Gasteiger partial charge in [0.2, 0.25) is 0 Å². The molecule has 1 heterocycles. The van der Waals surface area contributed by atoms with Crippen molar-refractivity contribution in [3.63, 3.8) is 0 Å². The largest absolute Gasteiger partial charge is 0.477 e. The van der Waals surface area contributed by atoms with E-state index in [0.717, 1.165) is 0 Å². The number of nitrogens with one attached hydrogen (secondary N) is 1. The van der Waals surface area contributed by atoms with Gasteiger partial charge in [-0.15, -0.1) is 0 Å². The number of carbonyl (C=O) groups is 2. The molecule has 1 amide bonds. The smallest absolute Gasteiger partial charge is 0.354 e. The van der Waals surface area contributed by atoms with Gasteiger partial charge in [-0.05, 0) is 12.1 Å². The minimum atomic E-state index is -1.14. The average molecular weight is 270 g/mol. The summed E-state index contributed by atoms with van der Waals surface area (Å²) >= 11 is 0. The second kappa shape index (κ2) is 6.85. The summed E-state index contributed by atoms with van der Waals surface area (Å²) in [5, 5.41) is 11.2. The van der Waals surface area contributed by atoms with Gasteiger partial charge in [-0.1, -0.05) is 6.92 Å².